The van der Waals surface area contributed by atoms with Crippen LogP contribution >= 0.6 is 11.6 Å². The van der Waals surface area contributed by atoms with E-state index < -0.39 is 11.9 Å². The molecule has 0 unspecified atom stereocenters. The molecule has 31 heavy (non-hydrogen) atoms. The molecule has 162 valence electrons. The lowest BCUT2D eigenvalue weighted by Crippen LogP contribution is -2.47. The maximum absolute atomic E-state index is 12.8. The number of benzene rings is 2. The van der Waals surface area contributed by atoms with Gasteiger partial charge in [-0.05, 0) is 32.0 Å². The highest BCUT2D eigenvalue weighted by Crippen LogP contribution is 2.26. The molecule has 7 nitrogen and oxygen atoms in total. The van der Waals surface area contributed by atoms with E-state index in [4.69, 9.17) is 16.3 Å². The molecule has 0 aliphatic heterocycles. The van der Waals surface area contributed by atoms with Gasteiger partial charge >= 0.3 is 0 Å². The summed E-state index contributed by atoms with van der Waals surface area (Å²) in [6.07, 6.45) is 1.93. The Morgan fingerprint density at radius 1 is 1.16 bits per heavy atom. The number of H-pyrrole nitrogens is 1. The minimum Gasteiger partial charge on any atom is -0.489 e. The van der Waals surface area contributed by atoms with Crippen LogP contribution in [0.4, 0.5) is 0 Å². The fourth-order valence-electron chi connectivity index (χ4n) is 3.03. The first kappa shape index (κ1) is 22.4. The predicted octanol–water partition coefficient (Wildman–Crippen LogP) is 3.60. The molecule has 0 aliphatic carbocycles. The van der Waals surface area contributed by atoms with Crippen LogP contribution in [0, 0.1) is 0 Å². The number of carbonyl (C=O) groups excluding carboxylic acids is 2. The molecule has 3 aromatic rings. The Bertz CT molecular complexity index is 1050. The number of rotatable bonds is 8. The highest BCUT2D eigenvalue weighted by Gasteiger charge is 2.23. The van der Waals surface area contributed by atoms with Crippen molar-refractivity contribution in [2.24, 2.45) is 0 Å². The Balaban J connectivity index is 1.73. The minimum atomic E-state index is -0.796. The number of imidazole rings is 1. The van der Waals surface area contributed by atoms with Crippen LogP contribution in [0.5, 0.6) is 5.75 Å². The molecule has 0 fully saturated rings. The third-order valence-corrected chi connectivity index (χ3v) is 4.81. The van der Waals surface area contributed by atoms with Gasteiger partial charge in [-0.25, -0.2) is 4.98 Å². The van der Waals surface area contributed by atoms with Crippen molar-refractivity contribution in [2.45, 2.75) is 32.4 Å². The molecule has 1 aromatic heterocycles. The summed E-state index contributed by atoms with van der Waals surface area (Å²) >= 11 is 6.24. The molecule has 0 bridgehead atoms. The number of likely N-dealkylation sites (N-methyl/N-ethyl adjacent to an activating group) is 1. The summed E-state index contributed by atoms with van der Waals surface area (Å²) in [5.74, 6) is 0.472. The zero-order chi connectivity index (χ0) is 22.4. The number of hydrogen-bond acceptors (Lipinski definition) is 4. The van der Waals surface area contributed by atoms with Crippen LogP contribution in [0.15, 0.2) is 54.7 Å². The van der Waals surface area contributed by atoms with Gasteiger partial charge in [0.25, 0.3) is 5.91 Å². The minimum absolute atomic E-state index is 0.0376. The lowest BCUT2D eigenvalue weighted by molar-refractivity contribution is -0.122. The van der Waals surface area contributed by atoms with Crippen molar-refractivity contribution in [1.82, 2.24) is 20.6 Å². The highest BCUT2D eigenvalue weighted by atomic mass is 35.5. The lowest BCUT2D eigenvalue weighted by Gasteiger charge is -2.17. The highest BCUT2D eigenvalue weighted by molar-refractivity contribution is 6.32. The standard InChI is InChI=1S/C23H25ClN4O3/c1-14(2)31-20-10-9-16(11-18(20)24)22(29)28-19(23(30)25-3)12-17-13-26-21(27-17)15-7-5-4-6-8-15/h4-11,13-14,19H,12H2,1-3H3,(H,25,30)(H,26,27)(H,28,29)/t19-/m0/s1. The van der Waals surface area contributed by atoms with Crippen molar-refractivity contribution >= 4 is 23.4 Å². The molecule has 3 N–H and O–H groups in total. The van der Waals surface area contributed by atoms with Crippen molar-refractivity contribution in [3.63, 3.8) is 0 Å². The van der Waals surface area contributed by atoms with E-state index in [0.717, 1.165) is 5.56 Å². The molecule has 3 rings (SSSR count). The summed E-state index contributed by atoms with van der Waals surface area (Å²) in [4.78, 5) is 32.8. The zero-order valence-corrected chi connectivity index (χ0v) is 18.4. The maximum atomic E-state index is 12.8. The average molecular weight is 441 g/mol. The number of ether oxygens (including phenoxy) is 1. The van der Waals surface area contributed by atoms with Crippen LogP contribution in [0.1, 0.15) is 29.9 Å². The molecule has 0 aliphatic rings. The number of nitrogens with one attached hydrogen (secondary N) is 3. The van der Waals surface area contributed by atoms with Crippen LogP contribution in [-0.4, -0.2) is 41.0 Å². The van der Waals surface area contributed by atoms with Crippen molar-refractivity contribution in [2.75, 3.05) is 7.05 Å². The SMILES string of the molecule is CNC(=O)[C@H](Cc1c[nH]c(-c2ccccc2)n1)NC(=O)c1ccc(OC(C)C)c(Cl)c1. The normalized spacial score (nSPS) is 11.8. The first-order chi connectivity index (χ1) is 14.9. The molecule has 8 heteroatoms. The van der Waals surface area contributed by atoms with Gasteiger partial charge in [0.05, 0.1) is 16.8 Å². The second-order valence-electron chi connectivity index (χ2n) is 7.26. The second-order valence-corrected chi connectivity index (χ2v) is 7.67. The van der Waals surface area contributed by atoms with Crippen molar-refractivity contribution in [3.8, 4) is 17.1 Å². The number of nitrogens with zero attached hydrogens (tertiary/aromatic N) is 1. The summed E-state index contributed by atoms with van der Waals surface area (Å²) in [6.45, 7) is 3.78. The van der Waals surface area contributed by atoms with Crippen molar-refractivity contribution < 1.29 is 14.3 Å². The van der Waals surface area contributed by atoms with Crippen molar-refractivity contribution in [1.29, 1.82) is 0 Å². The van der Waals surface area contributed by atoms with Gasteiger partial charge in [0.15, 0.2) is 0 Å². The molecular formula is C23H25ClN4O3. The zero-order valence-electron chi connectivity index (χ0n) is 17.6. The Labute approximate surface area is 186 Å². The van der Waals surface area contributed by atoms with Crippen LogP contribution in [0.25, 0.3) is 11.4 Å². The van der Waals surface area contributed by atoms with Gasteiger partial charge < -0.3 is 20.4 Å². The molecule has 0 saturated carbocycles. The number of aromatic amines is 1. The number of halogens is 1. The van der Waals surface area contributed by atoms with E-state index in [1.165, 1.54) is 13.1 Å². The first-order valence-electron chi connectivity index (χ1n) is 9.95. The van der Waals surface area contributed by atoms with Gasteiger partial charge in [0.2, 0.25) is 5.91 Å². The Morgan fingerprint density at radius 2 is 1.90 bits per heavy atom. The van der Waals surface area contributed by atoms with E-state index in [2.05, 4.69) is 20.6 Å². The number of hydrogen-bond donors (Lipinski definition) is 3. The second kappa shape index (κ2) is 10.1. The smallest absolute Gasteiger partial charge is 0.251 e. The van der Waals surface area contributed by atoms with E-state index in [1.807, 2.05) is 44.2 Å². The van der Waals surface area contributed by atoms with E-state index >= 15 is 0 Å². The number of aromatic nitrogens is 2. The summed E-state index contributed by atoms with van der Waals surface area (Å²) in [5, 5.41) is 5.68. The van der Waals surface area contributed by atoms with Crippen LogP contribution in [0.2, 0.25) is 5.02 Å². The Kier molecular flexibility index (Phi) is 7.31. The van der Waals surface area contributed by atoms with Crippen LogP contribution in [0.3, 0.4) is 0 Å². The largest absolute Gasteiger partial charge is 0.489 e. The number of carbonyl (C=O) groups is 2. The molecule has 0 saturated heterocycles. The molecule has 1 heterocycles. The fraction of sp³-hybridized carbons (Fsp3) is 0.261. The van der Waals surface area contributed by atoms with Gasteiger partial charge in [0.1, 0.15) is 17.6 Å². The van der Waals surface area contributed by atoms with E-state index in [9.17, 15) is 9.59 Å². The Hall–Kier alpha value is -3.32. The monoisotopic (exact) mass is 440 g/mol. The molecule has 2 aromatic carbocycles. The van der Waals surface area contributed by atoms with Crippen LogP contribution < -0.4 is 15.4 Å². The summed E-state index contributed by atoms with van der Waals surface area (Å²) in [5.41, 5.74) is 1.93. The van der Waals surface area contributed by atoms with Crippen LogP contribution in [-0.2, 0) is 11.2 Å². The third kappa shape index (κ3) is 5.86. The predicted molar refractivity (Wildman–Crippen MR) is 120 cm³/mol. The third-order valence-electron chi connectivity index (χ3n) is 4.52. The van der Waals surface area contributed by atoms with Gasteiger partial charge in [-0.3, -0.25) is 9.59 Å². The van der Waals surface area contributed by atoms with E-state index in [1.54, 1.807) is 18.3 Å². The quantitative estimate of drug-likeness (QED) is 0.498. The molecule has 0 spiro atoms. The molecule has 2 amide bonds. The molecule has 0 radical (unpaired) electrons. The lowest BCUT2D eigenvalue weighted by atomic mass is 10.1. The number of amides is 2. The Morgan fingerprint density at radius 3 is 2.55 bits per heavy atom. The van der Waals surface area contributed by atoms with E-state index in [0.29, 0.717) is 27.9 Å². The first-order valence-corrected chi connectivity index (χ1v) is 10.3. The van der Waals surface area contributed by atoms with E-state index in [-0.39, 0.29) is 18.4 Å². The van der Waals surface area contributed by atoms with Gasteiger partial charge in [0, 0.05) is 30.8 Å². The maximum Gasteiger partial charge on any atom is 0.251 e. The fourth-order valence-corrected chi connectivity index (χ4v) is 3.26. The summed E-state index contributed by atoms with van der Waals surface area (Å²) < 4.78 is 5.59. The molecular weight excluding hydrogens is 416 g/mol. The summed E-state index contributed by atoms with van der Waals surface area (Å²) in [6, 6.07) is 13.6. The van der Waals surface area contributed by atoms with Gasteiger partial charge in [-0.15, -0.1) is 0 Å². The topological polar surface area (TPSA) is 96.1 Å². The van der Waals surface area contributed by atoms with Crippen molar-refractivity contribution in [3.05, 3.63) is 71.0 Å². The molecule has 1 atom stereocenters. The summed E-state index contributed by atoms with van der Waals surface area (Å²) in [7, 11) is 1.52. The van der Waals surface area contributed by atoms with Gasteiger partial charge in [-0.2, -0.15) is 0 Å². The average Bonchev–Trinajstić information content (AvgIpc) is 3.23. The van der Waals surface area contributed by atoms with Gasteiger partial charge in [-0.1, -0.05) is 41.9 Å².